The van der Waals surface area contributed by atoms with E-state index < -0.39 is 0 Å². The first kappa shape index (κ1) is 16.8. The van der Waals surface area contributed by atoms with Crippen LogP contribution in [0.2, 0.25) is 0 Å². The van der Waals surface area contributed by atoms with Crippen molar-refractivity contribution in [2.45, 2.75) is 38.1 Å². The van der Waals surface area contributed by atoms with E-state index in [1.165, 1.54) is 31.0 Å². The Hall–Kier alpha value is -2.01. The van der Waals surface area contributed by atoms with Gasteiger partial charge in [-0.25, -0.2) is 0 Å². The summed E-state index contributed by atoms with van der Waals surface area (Å²) in [6.07, 6.45) is 9.64. The van der Waals surface area contributed by atoms with Gasteiger partial charge in [0.05, 0.1) is 10.9 Å². The average molecular weight is 342 g/mol. The molecule has 1 aromatic carbocycles. The molecule has 2 fully saturated rings. The summed E-state index contributed by atoms with van der Waals surface area (Å²) in [5.74, 6) is 0.724. The lowest BCUT2D eigenvalue weighted by molar-refractivity contribution is -0.115. The number of benzene rings is 1. The Morgan fingerprint density at radius 2 is 2.00 bits per heavy atom. The number of nitrogens with one attached hydrogen (secondary N) is 1. The molecule has 0 radical (unpaired) electrons. The summed E-state index contributed by atoms with van der Waals surface area (Å²) in [7, 11) is 0. The van der Waals surface area contributed by atoms with Crippen molar-refractivity contribution in [1.29, 1.82) is 0 Å². The number of carbonyl (C=O) groups excluding carboxylic acids is 1. The van der Waals surface area contributed by atoms with Crippen LogP contribution in [-0.4, -0.2) is 23.7 Å². The van der Waals surface area contributed by atoms with Gasteiger partial charge in [0.1, 0.15) is 12.4 Å². The summed E-state index contributed by atoms with van der Waals surface area (Å²) >= 11 is 1.43. The van der Waals surface area contributed by atoms with Crippen molar-refractivity contribution >= 4 is 28.9 Å². The van der Waals surface area contributed by atoms with Crippen molar-refractivity contribution in [1.82, 2.24) is 5.32 Å². The Labute approximate surface area is 147 Å². The van der Waals surface area contributed by atoms with Crippen molar-refractivity contribution in [2.75, 3.05) is 6.61 Å². The molecule has 1 N–H and O–H groups in total. The maximum absolute atomic E-state index is 12.1. The predicted octanol–water partition coefficient (Wildman–Crippen LogP) is 4.14. The van der Waals surface area contributed by atoms with Crippen molar-refractivity contribution in [3.05, 3.63) is 47.4 Å². The summed E-state index contributed by atoms with van der Waals surface area (Å²) in [6, 6.07) is 8.03. The Morgan fingerprint density at radius 1 is 1.25 bits per heavy atom. The minimum atomic E-state index is -0.0680. The molecule has 2 aliphatic rings. The van der Waals surface area contributed by atoms with Crippen LogP contribution in [0.25, 0.3) is 6.08 Å². The van der Waals surface area contributed by atoms with Gasteiger partial charge in [-0.15, -0.1) is 0 Å². The normalized spacial score (nSPS) is 21.9. The summed E-state index contributed by atoms with van der Waals surface area (Å²) in [4.78, 5) is 17.5. The van der Waals surface area contributed by atoms with Crippen LogP contribution in [0.3, 0.4) is 0 Å². The van der Waals surface area contributed by atoms with Crippen molar-refractivity contribution in [3.63, 3.8) is 0 Å². The number of thioether (sulfide) groups is 1. The fourth-order valence-electron chi connectivity index (χ4n) is 2.83. The summed E-state index contributed by atoms with van der Waals surface area (Å²) in [6.45, 7) is 4.11. The highest BCUT2D eigenvalue weighted by molar-refractivity contribution is 8.18. The second kappa shape index (κ2) is 8.20. The van der Waals surface area contributed by atoms with E-state index in [-0.39, 0.29) is 5.91 Å². The number of aliphatic imine (C=N–C) groups is 1. The Kier molecular flexibility index (Phi) is 5.75. The Balaban J connectivity index is 1.65. The molecule has 1 aliphatic heterocycles. The van der Waals surface area contributed by atoms with Crippen LogP contribution in [0.15, 0.2) is 46.8 Å². The minimum Gasteiger partial charge on any atom is -0.490 e. The van der Waals surface area contributed by atoms with Crippen LogP contribution in [0.1, 0.15) is 37.7 Å². The first-order chi connectivity index (χ1) is 11.7. The second-order valence-electron chi connectivity index (χ2n) is 5.96. The average Bonchev–Trinajstić information content (AvgIpc) is 2.94. The maximum atomic E-state index is 12.1. The van der Waals surface area contributed by atoms with Gasteiger partial charge in [-0.3, -0.25) is 9.79 Å². The highest BCUT2D eigenvalue weighted by atomic mass is 32.2. The van der Waals surface area contributed by atoms with E-state index in [9.17, 15) is 4.79 Å². The molecule has 1 saturated carbocycles. The van der Waals surface area contributed by atoms with Gasteiger partial charge in [0, 0.05) is 0 Å². The number of nitrogens with zero attached hydrogens (tertiary/aromatic N) is 1. The second-order valence-corrected chi connectivity index (χ2v) is 6.99. The molecule has 1 amide bonds. The van der Waals surface area contributed by atoms with Gasteiger partial charge in [-0.2, -0.15) is 0 Å². The molecule has 24 heavy (non-hydrogen) atoms. The fourth-order valence-corrected chi connectivity index (χ4v) is 3.72. The molecule has 3 rings (SSSR count). The van der Waals surface area contributed by atoms with E-state index >= 15 is 0 Å². The smallest absolute Gasteiger partial charge is 0.264 e. The van der Waals surface area contributed by atoms with Crippen LogP contribution >= 0.6 is 11.8 Å². The quantitative estimate of drug-likeness (QED) is 0.646. The molecular weight excluding hydrogens is 320 g/mol. The van der Waals surface area contributed by atoms with E-state index in [0.29, 0.717) is 17.6 Å². The van der Waals surface area contributed by atoms with Crippen molar-refractivity contribution < 1.29 is 9.53 Å². The number of amides is 1. The van der Waals surface area contributed by atoms with Gasteiger partial charge in [-0.05, 0) is 48.4 Å². The molecule has 0 bridgehead atoms. The van der Waals surface area contributed by atoms with E-state index in [0.717, 1.165) is 29.3 Å². The maximum Gasteiger partial charge on any atom is 0.264 e. The highest BCUT2D eigenvalue weighted by Crippen LogP contribution is 2.29. The summed E-state index contributed by atoms with van der Waals surface area (Å²) in [5, 5.41) is 3.62. The monoisotopic (exact) mass is 342 g/mol. The number of hydrogen-bond acceptors (Lipinski definition) is 4. The SMILES string of the molecule is C=CCOc1ccc(C=C2SC(=NC3CCCCC3)NC2=O)cc1. The molecule has 0 unspecified atom stereocenters. The minimum absolute atomic E-state index is 0.0680. The summed E-state index contributed by atoms with van der Waals surface area (Å²) in [5.41, 5.74) is 0.970. The summed E-state index contributed by atoms with van der Waals surface area (Å²) < 4.78 is 5.46. The number of amidine groups is 1. The molecule has 0 atom stereocenters. The topological polar surface area (TPSA) is 50.7 Å². The van der Waals surface area contributed by atoms with Gasteiger partial charge in [0.15, 0.2) is 5.17 Å². The van der Waals surface area contributed by atoms with Crippen LogP contribution in [0.4, 0.5) is 0 Å². The van der Waals surface area contributed by atoms with Crippen LogP contribution in [0, 0.1) is 0 Å². The highest BCUT2D eigenvalue weighted by Gasteiger charge is 2.25. The van der Waals surface area contributed by atoms with Crippen molar-refractivity contribution in [2.24, 2.45) is 4.99 Å². The molecule has 1 heterocycles. The third kappa shape index (κ3) is 4.51. The fraction of sp³-hybridized carbons (Fsp3) is 0.368. The van der Waals surface area contributed by atoms with Crippen LogP contribution in [0.5, 0.6) is 5.75 Å². The molecule has 1 aromatic rings. The van der Waals surface area contributed by atoms with Gasteiger partial charge in [-0.1, -0.05) is 44.1 Å². The lowest BCUT2D eigenvalue weighted by atomic mass is 9.96. The van der Waals surface area contributed by atoms with Crippen LogP contribution < -0.4 is 10.1 Å². The number of rotatable bonds is 5. The molecule has 4 nitrogen and oxygen atoms in total. The Bertz CT molecular complexity index is 658. The van der Waals surface area contributed by atoms with E-state index in [1.54, 1.807) is 6.08 Å². The zero-order valence-electron chi connectivity index (χ0n) is 13.7. The van der Waals surface area contributed by atoms with Gasteiger partial charge in [0.25, 0.3) is 5.91 Å². The third-order valence-corrected chi connectivity index (χ3v) is 5.00. The van der Waals surface area contributed by atoms with Crippen LogP contribution in [-0.2, 0) is 4.79 Å². The lowest BCUT2D eigenvalue weighted by Crippen LogP contribution is -2.22. The molecule has 0 aromatic heterocycles. The van der Waals surface area contributed by atoms with E-state index in [4.69, 9.17) is 9.73 Å². The van der Waals surface area contributed by atoms with Gasteiger partial charge >= 0.3 is 0 Å². The van der Waals surface area contributed by atoms with Gasteiger partial charge in [0.2, 0.25) is 0 Å². The zero-order valence-corrected chi connectivity index (χ0v) is 14.5. The van der Waals surface area contributed by atoms with E-state index in [2.05, 4.69) is 11.9 Å². The first-order valence-corrected chi connectivity index (χ1v) is 9.19. The predicted molar refractivity (Wildman–Crippen MR) is 100 cm³/mol. The molecule has 126 valence electrons. The van der Waals surface area contributed by atoms with E-state index in [1.807, 2.05) is 30.3 Å². The third-order valence-electron chi connectivity index (χ3n) is 4.07. The first-order valence-electron chi connectivity index (χ1n) is 8.37. The largest absolute Gasteiger partial charge is 0.490 e. The molecule has 1 aliphatic carbocycles. The van der Waals surface area contributed by atoms with Gasteiger partial charge < -0.3 is 10.1 Å². The number of ether oxygens (including phenoxy) is 1. The molecule has 1 saturated heterocycles. The standard InChI is InChI=1S/C19H22N2O2S/c1-2-12-23-16-10-8-14(9-11-16)13-17-18(22)21-19(24-17)20-15-6-4-3-5-7-15/h2,8-11,13,15H,1,3-7,12H2,(H,20,21,22). The number of carbonyl (C=O) groups is 1. The lowest BCUT2D eigenvalue weighted by Gasteiger charge is -2.17. The van der Waals surface area contributed by atoms with Crippen molar-refractivity contribution in [3.8, 4) is 5.75 Å². The number of hydrogen-bond donors (Lipinski definition) is 1. The Morgan fingerprint density at radius 3 is 2.71 bits per heavy atom. The molecule has 0 spiro atoms. The molecule has 5 heteroatoms. The zero-order chi connectivity index (χ0) is 16.8. The molecular formula is C19H22N2O2S.